The van der Waals surface area contributed by atoms with E-state index in [-0.39, 0.29) is 16.0 Å². The molecule has 1 aromatic heterocycles. The molecule has 0 bridgehead atoms. The maximum Gasteiger partial charge on any atom is 0.243 e. The van der Waals surface area contributed by atoms with Crippen molar-refractivity contribution in [2.45, 2.75) is 30.8 Å². The number of aryl methyl sites for hydroxylation is 1. The summed E-state index contributed by atoms with van der Waals surface area (Å²) in [5.74, 6) is 0.456. The minimum absolute atomic E-state index is 0.00954. The monoisotopic (exact) mass is 385 g/mol. The Morgan fingerprint density at radius 2 is 2.00 bits per heavy atom. The van der Waals surface area contributed by atoms with Crippen LogP contribution < -0.4 is 4.74 Å². The van der Waals surface area contributed by atoms with E-state index < -0.39 is 15.8 Å². The predicted octanol–water partition coefficient (Wildman–Crippen LogP) is 2.81. The fourth-order valence-electron chi connectivity index (χ4n) is 2.65. The van der Waals surface area contributed by atoms with Gasteiger partial charge in [-0.1, -0.05) is 11.6 Å². The molecular weight excluding hydrogens is 369 g/mol. The summed E-state index contributed by atoms with van der Waals surface area (Å²) in [6.07, 6.45) is 2.58. The first-order chi connectivity index (χ1) is 11.9. The third kappa shape index (κ3) is 4.08. The molecule has 2 aromatic rings. The van der Waals surface area contributed by atoms with Crippen LogP contribution in [0.3, 0.4) is 0 Å². The van der Waals surface area contributed by atoms with Crippen molar-refractivity contribution in [2.24, 2.45) is 0 Å². The Hall–Kier alpha value is -1.77. The molecule has 0 spiro atoms. The lowest BCUT2D eigenvalue weighted by atomic mass is 10.1. The van der Waals surface area contributed by atoms with E-state index in [1.54, 1.807) is 19.2 Å². The van der Waals surface area contributed by atoms with E-state index in [1.165, 1.54) is 10.4 Å². The largest absolute Gasteiger partial charge is 0.474 e. The van der Waals surface area contributed by atoms with E-state index in [9.17, 15) is 12.8 Å². The van der Waals surface area contributed by atoms with Gasteiger partial charge in [0.1, 0.15) is 17.7 Å². The lowest BCUT2D eigenvalue weighted by Crippen LogP contribution is -2.41. The number of nitrogens with zero attached hydrogens (tertiary/aromatic N) is 3. The fraction of sp³-hybridized carbons (Fsp3) is 0.375. The van der Waals surface area contributed by atoms with Gasteiger partial charge in [0, 0.05) is 25.4 Å². The van der Waals surface area contributed by atoms with Gasteiger partial charge in [-0.05, 0) is 38.0 Å². The second-order valence-electron chi connectivity index (χ2n) is 5.74. The van der Waals surface area contributed by atoms with Crippen LogP contribution in [-0.2, 0) is 10.0 Å². The zero-order valence-corrected chi connectivity index (χ0v) is 15.1. The van der Waals surface area contributed by atoms with E-state index in [2.05, 4.69) is 9.97 Å². The molecule has 6 nitrogen and oxygen atoms in total. The summed E-state index contributed by atoms with van der Waals surface area (Å²) in [6, 6.07) is 5.10. The van der Waals surface area contributed by atoms with Gasteiger partial charge in [-0.2, -0.15) is 9.29 Å². The summed E-state index contributed by atoms with van der Waals surface area (Å²) >= 11 is 5.69. The number of benzene rings is 1. The van der Waals surface area contributed by atoms with Crippen LogP contribution in [0.15, 0.2) is 35.4 Å². The highest BCUT2D eigenvalue weighted by Crippen LogP contribution is 2.25. The van der Waals surface area contributed by atoms with Crippen molar-refractivity contribution in [1.29, 1.82) is 0 Å². The standard InChI is InChI=1S/C16H17ClFN3O3S/c1-11-19-7-4-16(20-11)24-12-5-8-21(9-6-12)25(22,23)13-2-3-15(18)14(17)10-13/h2-4,7,10,12H,5-6,8-9H2,1H3. The summed E-state index contributed by atoms with van der Waals surface area (Å²) in [7, 11) is -3.70. The lowest BCUT2D eigenvalue weighted by molar-refractivity contribution is 0.129. The Morgan fingerprint density at radius 3 is 2.64 bits per heavy atom. The van der Waals surface area contributed by atoms with Gasteiger partial charge in [0.05, 0.1) is 9.92 Å². The average Bonchev–Trinajstić information content (AvgIpc) is 2.58. The summed E-state index contributed by atoms with van der Waals surface area (Å²) in [6.45, 7) is 2.40. The number of rotatable bonds is 4. The maximum absolute atomic E-state index is 13.2. The zero-order chi connectivity index (χ0) is 18.0. The molecule has 0 unspecified atom stereocenters. The van der Waals surface area contributed by atoms with E-state index in [4.69, 9.17) is 16.3 Å². The molecule has 0 aliphatic carbocycles. The van der Waals surface area contributed by atoms with E-state index >= 15 is 0 Å². The van der Waals surface area contributed by atoms with Gasteiger partial charge in [0.15, 0.2) is 0 Å². The average molecular weight is 386 g/mol. The molecule has 2 heterocycles. The number of sulfonamides is 1. The van der Waals surface area contributed by atoms with Crippen molar-refractivity contribution in [3.63, 3.8) is 0 Å². The second kappa shape index (κ2) is 7.23. The molecule has 25 heavy (non-hydrogen) atoms. The van der Waals surface area contributed by atoms with Crippen LogP contribution in [0.2, 0.25) is 5.02 Å². The number of ether oxygens (including phenoxy) is 1. The lowest BCUT2D eigenvalue weighted by Gasteiger charge is -2.31. The quantitative estimate of drug-likeness (QED) is 0.809. The molecule has 0 radical (unpaired) electrons. The van der Waals surface area contributed by atoms with Crippen LogP contribution >= 0.6 is 11.6 Å². The molecule has 1 aliphatic heterocycles. The third-order valence-electron chi connectivity index (χ3n) is 3.97. The van der Waals surface area contributed by atoms with Gasteiger partial charge < -0.3 is 4.74 Å². The van der Waals surface area contributed by atoms with Crippen molar-refractivity contribution in [3.8, 4) is 5.88 Å². The van der Waals surface area contributed by atoms with Crippen LogP contribution in [0.5, 0.6) is 5.88 Å². The summed E-state index contributed by atoms with van der Waals surface area (Å²) in [5, 5.41) is -0.210. The molecule has 134 valence electrons. The van der Waals surface area contributed by atoms with Crippen molar-refractivity contribution < 1.29 is 17.5 Å². The van der Waals surface area contributed by atoms with E-state index in [0.717, 1.165) is 12.1 Å². The summed E-state index contributed by atoms with van der Waals surface area (Å²) in [5.41, 5.74) is 0. The zero-order valence-electron chi connectivity index (χ0n) is 13.5. The molecule has 1 aliphatic rings. The smallest absolute Gasteiger partial charge is 0.243 e. The second-order valence-corrected chi connectivity index (χ2v) is 8.08. The minimum Gasteiger partial charge on any atom is -0.474 e. The van der Waals surface area contributed by atoms with Crippen molar-refractivity contribution in [3.05, 3.63) is 47.1 Å². The topological polar surface area (TPSA) is 72.4 Å². The van der Waals surface area contributed by atoms with Gasteiger partial charge in [0.25, 0.3) is 0 Å². The fourth-order valence-corrected chi connectivity index (χ4v) is 4.39. The van der Waals surface area contributed by atoms with Crippen LogP contribution in [0.4, 0.5) is 4.39 Å². The van der Waals surface area contributed by atoms with Gasteiger partial charge in [-0.3, -0.25) is 0 Å². The Balaban J connectivity index is 1.66. The molecule has 1 fully saturated rings. The highest BCUT2D eigenvalue weighted by molar-refractivity contribution is 7.89. The summed E-state index contributed by atoms with van der Waals surface area (Å²) < 4.78 is 45.7. The highest BCUT2D eigenvalue weighted by Gasteiger charge is 2.30. The van der Waals surface area contributed by atoms with E-state index in [0.29, 0.717) is 37.6 Å². The Bertz CT molecular complexity index is 871. The van der Waals surface area contributed by atoms with Crippen LogP contribution in [-0.4, -0.2) is 41.9 Å². The molecule has 1 aromatic carbocycles. The van der Waals surface area contributed by atoms with Gasteiger partial charge in [0.2, 0.25) is 15.9 Å². The first-order valence-corrected chi connectivity index (χ1v) is 9.59. The highest BCUT2D eigenvalue weighted by atomic mass is 35.5. The first kappa shape index (κ1) is 18.0. The molecule has 0 N–H and O–H groups in total. The Kier molecular flexibility index (Phi) is 5.21. The first-order valence-electron chi connectivity index (χ1n) is 7.78. The Morgan fingerprint density at radius 1 is 1.28 bits per heavy atom. The van der Waals surface area contributed by atoms with Crippen LogP contribution in [0.25, 0.3) is 0 Å². The molecular formula is C16H17ClFN3O3S. The van der Waals surface area contributed by atoms with E-state index in [1.807, 2.05) is 0 Å². The molecule has 0 atom stereocenters. The number of hydrogen-bond acceptors (Lipinski definition) is 5. The normalized spacial score (nSPS) is 16.8. The Labute approximate surface area is 150 Å². The minimum atomic E-state index is -3.70. The number of hydrogen-bond donors (Lipinski definition) is 0. The predicted molar refractivity (Wildman–Crippen MR) is 90.6 cm³/mol. The molecule has 3 rings (SSSR count). The van der Waals surface area contributed by atoms with Crippen molar-refractivity contribution in [1.82, 2.24) is 14.3 Å². The number of aromatic nitrogens is 2. The van der Waals surface area contributed by atoms with Crippen molar-refractivity contribution in [2.75, 3.05) is 13.1 Å². The molecule has 1 saturated heterocycles. The molecule has 0 amide bonds. The molecule has 0 saturated carbocycles. The van der Waals surface area contributed by atoms with Crippen LogP contribution in [0.1, 0.15) is 18.7 Å². The number of piperidine rings is 1. The molecule has 9 heteroatoms. The van der Waals surface area contributed by atoms with Gasteiger partial charge >= 0.3 is 0 Å². The van der Waals surface area contributed by atoms with Crippen LogP contribution in [0, 0.1) is 12.7 Å². The van der Waals surface area contributed by atoms with Crippen molar-refractivity contribution >= 4 is 21.6 Å². The number of halogens is 2. The summed E-state index contributed by atoms with van der Waals surface area (Å²) in [4.78, 5) is 8.18. The van der Waals surface area contributed by atoms with Gasteiger partial charge in [-0.25, -0.2) is 17.8 Å². The maximum atomic E-state index is 13.2. The third-order valence-corrected chi connectivity index (χ3v) is 6.15. The SMILES string of the molecule is Cc1nccc(OC2CCN(S(=O)(=O)c3ccc(F)c(Cl)c3)CC2)n1. The van der Waals surface area contributed by atoms with Gasteiger partial charge in [-0.15, -0.1) is 0 Å².